The molecule has 0 amide bonds. The molecular formula is C27H29F4N5O2S. The SMILES string of the molecule is O=S(O)Nc1cccc(-c2c(-c3ccc(F)cc3)nc(C(F)(F)F)nc2N2CCC(N3CCCCC3)CC2)c1. The smallest absolute Gasteiger partial charge is 0.356 e. The standard InChI is InChI=1S/C27H29F4N5O2S/c28-20-9-7-18(8-10-20)24-23(19-5-4-6-21(17-19)34-39(37)38)25(33-26(32-24)27(29,30)31)36-15-11-22(12-16-36)35-13-2-1-3-14-35/h4-10,17,22,34H,1-3,11-16H2,(H,37,38). The van der Waals surface area contributed by atoms with E-state index in [2.05, 4.69) is 19.6 Å². The Balaban J connectivity index is 1.62. The minimum absolute atomic E-state index is 0.00718. The first kappa shape index (κ1) is 27.5. The molecule has 1 atom stereocenters. The predicted molar refractivity (Wildman–Crippen MR) is 143 cm³/mol. The van der Waals surface area contributed by atoms with Gasteiger partial charge in [0, 0.05) is 30.4 Å². The molecule has 2 aliphatic heterocycles. The number of halogens is 4. The molecule has 3 heterocycles. The average molecular weight is 564 g/mol. The first-order chi connectivity index (χ1) is 18.7. The van der Waals surface area contributed by atoms with Crippen LogP contribution in [0.1, 0.15) is 37.9 Å². The van der Waals surface area contributed by atoms with Crippen molar-refractivity contribution in [1.29, 1.82) is 0 Å². The highest BCUT2D eigenvalue weighted by Gasteiger charge is 2.38. The van der Waals surface area contributed by atoms with Crippen LogP contribution in [0, 0.1) is 5.82 Å². The molecular weight excluding hydrogens is 534 g/mol. The molecule has 0 aliphatic carbocycles. The molecule has 208 valence electrons. The molecule has 1 aromatic heterocycles. The van der Waals surface area contributed by atoms with Crippen LogP contribution < -0.4 is 9.62 Å². The van der Waals surface area contributed by atoms with Crippen LogP contribution in [-0.2, 0) is 17.4 Å². The van der Waals surface area contributed by atoms with Gasteiger partial charge in [-0.25, -0.2) is 18.6 Å². The Bertz CT molecular complexity index is 1320. The highest BCUT2D eigenvalue weighted by atomic mass is 32.2. The molecule has 2 saturated heterocycles. The van der Waals surface area contributed by atoms with Crippen LogP contribution in [-0.4, -0.2) is 55.9 Å². The molecule has 1 unspecified atom stereocenters. The van der Waals surface area contributed by atoms with Crippen LogP contribution in [0.2, 0.25) is 0 Å². The van der Waals surface area contributed by atoms with E-state index in [4.69, 9.17) is 0 Å². The fraction of sp³-hybridized carbons (Fsp3) is 0.407. The van der Waals surface area contributed by atoms with E-state index >= 15 is 0 Å². The highest BCUT2D eigenvalue weighted by Crippen LogP contribution is 2.42. The number of nitrogens with one attached hydrogen (secondary N) is 1. The van der Waals surface area contributed by atoms with Crippen molar-refractivity contribution < 1.29 is 26.3 Å². The van der Waals surface area contributed by atoms with Crippen LogP contribution in [0.15, 0.2) is 48.5 Å². The van der Waals surface area contributed by atoms with E-state index < -0.39 is 29.1 Å². The van der Waals surface area contributed by atoms with Gasteiger partial charge in [-0.1, -0.05) is 18.6 Å². The summed E-state index contributed by atoms with van der Waals surface area (Å²) in [7, 11) is 0. The molecule has 39 heavy (non-hydrogen) atoms. The molecule has 0 spiro atoms. The minimum Gasteiger partial charge on any atom is -0.356 e. The summed E-state index contributed by atoms with van der Waals surface area (Å²) in [4.78, 5) is 12.3. The maximum Gasteiger partial charge on any atom is 0.451 e. The number of rotatable bonds is 6. The van der Waals surface area contributed by atoms with Crippen LogP contribution in [0.25, 0.3) is 22.4 Å². The van der Waals surface area contributed by atoms with Crippen LogP contribution in [0.5, 0.6) is 0 Å². The van der Waals surface area contributed by atoms with Gasteiger partial charge >= 0.3 is 6.18 Å². The van der Waals surface area contributed by atoms with Gasteiger partial charge < -0.3 is 9.80 Å². The zero-order valence-corrected chi connectivity index (χ0v) is 21.9. The van der Waals surface area contributed by atoms with E-state index in [1.165, 1.54) is 30.7 Å². The van der Waals surface area contributed by atoms with Gasteiger partial charge in [0.25, 0.3) is 11.3 Å². The van der Waals surface area contributed by atoms with Crippen LogP contribution in [0.4, 0.5) is 29.1 Å². The summed E-state index contributed by atoms with van der Waals surface area (Å²) in [5, 5.41) is 0. The van der Waals surface area contributed by atoms with Crippen molar-refractivity contribution in [3.05, 3.63) is 60.2 Å². The molecule has 7 nitrogen and oxygen atoms in total. The lowest BCUT2D eigenvalue weighted by Crippen LogP contribution is -2.47. The number of hydrogen-bond donors (Lipinski definition) is 2. The Kier molecular flexibility index (Phi) is 8.15. The number of hydrogen-bond acceptors (Lipinski definition) is 5. The Morgan fingerprint density at radius 1 is 0.923 bits per heavy atom. The Labute approximate surface area is 226 Å². The molecule has 2 N–H and O–H groups in total. The largest absolute Gasteiger partial charge is 0.451 e. The van der Waals surface area contributed by atoms with Crippen molar-refractivity contribution in [2.45, 2.75) is 44.3 Å². The van der Waals surface area contributed by atoms with Crippen molar-refractivity contribution in [1.82, 2.24) is 14.9 Å². The average Bonchev–Trinajstić information content (AvgIpc) is 2.93. The molecule has 5 rings (SSSR count). The highest BCUT2D eigenvalue weighted by molar-refractivity contribution is 7.80. The van der Waals surface area contributed by atoms with Crippen LogP contribution >= 0.6 is 0 Å². The lowest BCUT2D eigenvalue weighted by molar-refractivity contribution is -0.144. The lowest BCUT2D eigenvalue weighted by atomic mass is 9.96. The molecule has 2 aliphatic rings. The maximum absolute atomic E-state index is 14.1. The topological polar surface area (TPSA) is 81.6 Å². The minimum atomic E-state index is -4.80. The van der Waals surface area contributed by atoms with Gasteiger partial charge in [0.15, 0.2) is 0 Å². The van der Waals surface area contributed by atoms with E-state index in [9.17, 15) is 26.3 Å². The van der Waals surface area contributed by atoms with E-state index in [-0.39, 0.29) is 11.5 Å². The summed E-state index contributed by atoms with van der Waals surface area (Å²) in [5.74, 6) is -1.66. The third-order valence-electron chi connectivity index (χ3n) is 7.29. The summed E-state index contributed by atoms with van der Waals surface area (Å²) >= 11 is -2.34. The van der Waals surface area contributed by atoms with Gasteiger partial charge in [-0.3, -0.25) is 9.27 Å². The van der Waals surface area contributed by atoms with Crippen molar-refractivity contribution in [3.8, 4) is 22.4 Å². The molecule has 2 fully saturated rings. The molecule has 0 radical (unpaired) electrons. The second-order valence-corrected chi connectivity index (χ2v) is 10.5. The predicted octanol–water partition coefficient (Wildman–Crippen LogP) is 5.97. The van der Waals surface area contributed by atoms with E-state index in [0.717, 1.165) is 38.8 Å². The first-order valence-corrected chi connectivity index (χ1v) is 14.0. The normalized spacial score (nSPS) is 18.2. The molecule has 12 heteroatoms. The number of piperidine rings is 2. The molecule has 0 saturated carbocycles. The van der Waals surface area contributed by atoms with Crippen molar-refractivity contribution in [2.24, 2.45) is 0 Å². The monoisotopic (exact) mass is 563 g/mol. The third-order valence-corrected chi connectivity index (χ3v) is 7.70. The quantitative estimate of drug-likeness (QED) is 0.284. The summed E-state index contributed by atoms with van der Waals surface area (Å²) < 4.78 is 79.0. The number of aromatic nitrogens is 2. The fourth-order valence-electron chi connectivity index (χ4n) is 5.45. The van der Waals surface area contributed by atoms with Crippen LogP contribution in [0.3, 0.4) is 0 Å². The fourth-order valence-corrected chi connectivity index (χ4v) is 5.78. The molecule has 0 bridgehead atoms. The number of likely N-dealkylation sites (tertiary alicyclic amines) is 1. The van der Waals surface area contributed by atoms with Crippen molar-refractivity contribution in [2.75, 3.05) is 35.8 Å². The Morgan fingerprint density at radius 2 is 1.62 bits per heavy atom. The Morgan fingerprint density at radius 3 is 2.26 bits per heavy atom. The summed E-state index contributed by atoms with van der Waals surface area (Å²) in [6, 6.07) is 11.9. The van der Waals surface area contributed by atoms with E-state index in [1.807, 2.05) is 4.90 Å². The Hall–Kier alpha value is -3.09. The van der Waals surface area contributed by atoms with Gasteiger partial charge in [-0.15, -0.1) is 0 Å². The first-order valence-electron chi connectivity index (χ1n) is 12.9. The zero-order valence-electron chi connectivity index (χ0n) is 21.1. The molecule has 3 aromatic rings. The summed E-state index contributed by atoms with van der Waals surface area (Å²) in [6.07, 6.45) is 0.337. The summed E-state index contributed by atoms with van der Waals surface area (Å²) in [6.45, 7) is 3.12. The molecule has 2 aromatic carbocycles. The third kappa shape index (κ3) is 6.39. The van der Waals surface area contributed by atoms with Gasteiger partial charge in [-0.05, 0) is 80.7 Å². The lowest BCUT2D eigenvalue weighted by Gasteiger charge is -2.41. The number of benzene rings is 2. The number of alkyl halides is 3. The van der Waals surface area contributed by atoms with Crippen molar-refractivity contribution in [3.63, 3.8) is 0 Å². The zero-order chi connectivity index (χ0) is 27.6. The summed E-state index contributed by atoms with van der Waals surface area (Å²) in [5.41, 5.74) is 1.42. The van der Waals surface area contributed by atoms with Gasteiger partial charge in [0.2, 0.25) is 5.82 Å². The second kappa shape index (κ2) is 11.6. The number of anilines is 2. The second-order valence-electron chi connectivity index (χ2n) is 9.85. The van der Waals surface area contributed by atoms with Gasteiger partial charge in [0.1, 0.15) is 11.6 Å². The number of nitrogens with zero attached hydrogens (tertiary/aromatic N) is 4. The van der Waals surface area contributed by atoms with Gasteiger partial charge in [0.05, 0.1) is 11.3 Å². The maximum atomic E-state index is 14.1. The van der Waals surface area contributed by atoms with Gasteiger partial charge in [-0.2, -0.15) is 13.2 Å². The van der Waals surface area contributed by atoms with Crippen molar-refractivity contribution >= 4 is 22.8 Å². The van der Waals surface area contributed by atoms with E-state index in [0.29, 0.717) is 41.5 Å². The van der Waals surface area contributed by atoms with E-state index in [1.54, 1.807) is 24.3 Å².